The van der Waals surface area contributed by atoms with Crippen LogP contribution in [0.2, 0.25) is 0 Å². The van der Waals surface area contributed by atoms with Crippen LogP contribution in [-0.4, -0.2) is 42.2 Å². The van der Waals surface area contributed by atoms with Gasteiger partial charge in [0.1, 0.15) is 5.75 Å². The Hall–Kier alpha value is -2.56. The van der Waals surface area contributed by atoms with Gasteiger partial charge in [0, 0.05) is 44.3 Å². The van der Waals surface area contributed by atoms with Crippen LogP contribution in [-0.2, 0) is 0 Å². The van der Waals surface area contributed by atoms with E-state index in [1.54, 1.807) is 17.3 Å². The number of carbonyl (C=O) groups excluding carboxylic acids is 1. The SMILES string of the molecule is Cc1cc(C)c(OC(=O)N2CCN(c3ccncc3)CC2)c(C)c1. The van der Waals surface area contributed by atoms with E-state index in [2.05, 4.69) is 9.88 Å². The van der Waals surface area contributed by atoms with E-state index in [0.29, 0.717) is 18.8 Å². The van der Waals surface area contributed by atoms with Crippen LogP contribution in [0.4, 0.5) is 10.5 Å². The van der Waals surface area contributed by atoms with Gasteiger partial charge >= 0.3 is 6.09 Å². The molecule has 3 rings (SSSR count). The lowest BCUT2D eigenvalue weighted by Gasteiger charge is -2.35. The zero-order valence-corrected chi connectivity index (χ0v) is 14.5. The Morgan fingerprint density at radius 2 is 1.58 bits per heavy atom. The molecule has 1 fully saturated rings. The normalized spacial score (nSPS) is 14.6. The molecule has 0 N–H and O–H groups in total. The van der Waals surface area contributed by atoms with Crippen molar-refractivity contribution < 1.29 is 9.53 Å². The van der Waals surface area contributed by atoms with E-state index in [1.165, 1.54) is 5.56 Å². The van der Waals surface area contributed by atoms with Crippen LogP contribution in [0.1, 0.15) is 16.7 Å². The van der Waals surface area contributed by atoms with Crippen molar-refractivity contribution in [1.82, 2.24) is 9.88 Å². The van der Waals surface area contributed by atoms with Gasteiger partial charge in [-0.1, -0.05) is 17.7 Å². The summed E-state index contributed by atoms with van der Waals surface area (Å²) in [6.07, 6.45) is 3.32. The molecule has 0 atom stereocenters. The van der Waals surface area contributed by atoms with Gasteiger partial charge in [0.15, 0.2) is 0 Å². The van der Waals surface area contributed by atoms with Gasteiger partial charge in [-0.2, -0.15) is 0 Å². The fraction of sp³-hybridized carbons (Fsp3) is 0.368. The lowest BCUT2D eigenvalue weighted by molar-refractivity contribution is 0.148. The average molecular weight is 325 g/mol. The quantitative estimate of drug-likeness (QED) is 0.850. The number of hydrogen-bond acceptors (Lipinski definition) is 4. The summed E-state index contributed by atoms with van der Waals surface area (Å²) in [6.45, 7) is 8.91. The van der Waals surface area contributed by atoms with Crippen LogP contribution in [0.15, 0.2) is 36.7 Å². The van der Waals surface area contributed by atoms with Crippen LogP contribution in [0.3, 0.4) is 0 Å². The second-order valence-electron chi connectivity index (χ2n) is 6.28. The van der Waals surface area contributed by atoms with Crippen LogP contribution >= 0.6 is 0 Å². The van der Waals surface area contributed by atoms with Gasteiger partial charge in [-0.05, 0) is 44.0 Å². The molecule has 2 aromatic rings. The first kappa shape index (κ1) is 16.3. The van der Waals surface area contributed by atoms with E-state index in [0.717, 1.165) is 29.9 Å². The van der Waals surface area contributed by atoms with Gasteiger partial charge in [-0.3, -0.25) is 4.98 Å². The predicted molar refractivity (Wildman–Crippen MR) is 94.7 cm³/mol. The molecular formula is C19H23N3O2. The smallest absolute Gasteiger partial charge is 0.410 e. The fourth-order valence-electron chi connectivity index (χ4n) is 3.18. The third-order valence-corrected chi connectivity index (χ3v) is 4.36. The summed E-state index contributed by atoms with van der Waals surface area (Å²) in [5.41, 5.74) is 4.31. The molecule has 0 spiro atoms. The third kappa shape index (κ3) is 3.50. The van der Waals surface area contributed by atoms with Crippen molar-refractivity contribution in [3.8, 4) is 5.75 Å². The second kappa shape index (κ2) is 6.91. The highest BCUT2D eigenvalue weighted by Gasteiger charge is 2.23. The van der Waals surface area contributed by atoms with E-state index in [1.807, 2.05) is 45.0 Å². The molecular weight excluding hydrogens is 302 g/mol. The number of amides is 1. The van der Waals surface area contributed by atoms with Crippen LogP contribution in [0.25, 0.3) is 0 Å². The van der Waals surface area contributed by atoms with E-state index < -0.39 is 0 Å². The first-order valence-corrected chi connectivity index (χ1v) is 8.24. The molecule has 0 bridgehead atoms. The number of ether oxygens (including phenoxy) is 1. The van der Waals surface area contributed by atoms with Crippen molar-refractivity contribution in [3.05, 3.63) is 53.3 Å². The Bertz CT molecular complexity index is 700. The molecule has 126 valence electrons. The minimum atomic E-state index is -0.264. The summed E-state index contributed by atoms with van der Waals surface area (Å²) >= 11 is 0. The molecule has 1 amide bonds. The molecule has 1 aliphatic heterocycles. The van der Waals surface area contributed by atoms with E-state index >= 15 is 0 Å². The summed E-state index contributed by atoms with van der Waals surface area (Å²) < 4.78 is 5.67. The minimum Gasteiger partial charge on any atom is -0.410 e. The van der Waals surface area contributed by atoms with Crippen molar-refractivity contribution in [3.63, 3.8) is 0 Å². The number of aromatic nitrogens is 1. The van der Waals surface area contributed by atoms with Crippen LogP contribution < -0.4 is 9.64 Å². The lowest BCUT2D eigenvalue weighted by Crippen LogP contribution is -2.49. The first-order valence-electron chi connectivity index (χ1n) is 8.24. The molecule has 2 heterocycles. The van der Waals surface area contributed by atoms with Gasteiger partial charge in [-0.15, -0.1) is 0 Å². The molecule has 0 unspecified atom stereocenters. The maximum Gasteiger partial charge on any atom is 0.415 e. The molecule has 1 aliphatic rings. The standard InChI is InChI=1S/C19H23N3O2/c1-14-12-15(2)18(16(3)13-14)24-19(23)22-10-8-21(9-11-22)17-4-6-20-7-5-17/h4-7,12-13H,8-11H2,1-3H3. The highest BCUT2D eigenvalue weighted by atomic mass is 16.6. The number of nitrogens with zero attached hydrogens (tertiary/aromatic N) is 3. The summed E-state index contributed by atoms with van der Waals surface area (Å²) in [5, 5.41) is 0. The van der Waals surface area contributed by atoms with Crippen LogP contribution in [0, 0.1) is 20.8 Å². The summed E-state index contributed by atoms with van der Waals surface area (Å²) in [6, 6.07) is 8.06. The fourth-order valence-corrected chi connectivity index (χ4v) is 3.18. The highest BCUT2D eigenvalue weighted by Crippen LogP contribution is 2.25. The van der Waals surface area contributed by atoms with E-state index in [9.17, 15) is 4.79 Å². The number of hydrogen-bond donors (Lipinski definition) is 0. The van der Waals surface area contributed by atoms with Crippen molar-refractivity contribution >= 4 is 11.8 Å². The molecule has 5 heteroatoms. The Morgan fingerprint density at radius 3 is 2.17 bits per heavy atom. The molecule has 0 saturated carbocycles. The number of piperazine rings is 1. The monoisotopic (exact) mass is 325 g/mol. The molecule has 1 aromatic heterocycles. The number of anilines is 1. The third-order valence-electron chi connectivity index (χ3n) is 4.36. The van der Waals surface area contributed by atoms with Gasteiger partial charge in [-0.25, -0.2) is 4.79 Å². The van der Waals surface area contributed by atoms with Crippen LogP contribution in [0.5, 0.6) is 5.75 Å². The summed E-state index contributed by atoms with van der Waals surface area (Å²) in [7, 11) is 0. The van der Waals surface area contributed by atoms with Gasteiger partial charge in [0.2, 0.25) is 0 Å². The predicted octanol–water partition coefficient (Wildman–Crippen LogP) is 3.33. The number of benzene rings is 1. The van der Waals surface area contributed by atoms with Crippen molar-refractivity contribution in [2.75, 3.05) is 31.1 Å². The molecule has 1 aromatic carbocycles. The maximum absolute atomic E-state index is 12.5. The number of aryl methyl sites for hydroxylation is 3. The Labute approximate surface area is 142 Å². The molecule has 5 nitrogen and oxygen atoms in total. The second-order valence-corrected chi connectivity index (χ2v) is 6.28. The van der Waals surface area contributed by atoms with Crippen molar-refractivity contribution in [1.29, 1.82) is 0 Å². The summed E-state index contributed by atoms with van der Waals surface area (Å²) in [5.74, 6) is 0.683. The summed E-state index contributed by atoms with van der Waals surface area (Å²) in [4.78, 5) is 20.5. The van der Waals surface area contributed by atoms with Gasteiger partial charge < -0.3 is 14.5 Å². The molecule has 0 aliphatic carbocycles. The topological polar surface area (TPSA) is 45.7 Å². The Morgan fingerprint density at radius 1 is 1.00 bits per heavy atom. The zero-order chi connectivity index (χ0) is 17.1. The highest BCUT2D eigenvalue weighted by molar-refractivity contribution is 5.72. The molecule has 1 saturated heterocycles. The first-order chi connectivity index (χ1) is 11.5. The Balaban J connectivity index is 1.62. The number of carbonyl (C=O) groups is 1. The molecule has 0 radical (unpaired) electrons. The maximum atomic E-state index is 12.5. The average Bonchev–Trinajstić information content (AvgIpc) is 2.59. The van der Waals surface area contributed by atoms with Gasteiger partial charge in [0.25, 0.3) is 0 Å². The Kier molecular flexibility index (Phi) is 4.69. The zero-order valence-electron chi connectivity index (χ0n) is 14.5. The molecule has 24 heavy (non-hydrogen) atoms. The minimum absolute atomic E-state index is 0.264. The van der Waals surface area contributed by atoms with Gasteiger partial charge in [0.05, 0.1) is 0 Å². The largest absolute Gasteiger partial charge is 0.415 e. The van der Waals surface area contributed by atoms with E-state index in [4.69, 9.17) is 4.74 Å². The lowest BCUT2D eigenvalue weighted by atomic mass is 10.1. The number of rotatable bonds is 2. The number of pyridine rings is 1. The van der Waals surface area contributed by atoms with Crippen molar-refractivity contribution in [2.24, 2.45) is 0 Å². The van der Waals surface area contributed by atoms with E-state index in [-0.39, 0.29) is 6.09 Å². The van der Waals surface area contributed by atoms with Crippen molar-refractivity contribution in [2.45, 2.75) is 20.8 Å².